The second-order valence-electron chi connectivity index (χ2n) is 2.18. The van der Waals surface area contributed by atoms with E-state index < -0.39 is 22.4 Å². The molecule has 0 unspecified atom stereocenters. The maximum Gasteiger partial charge on any atom is 0.203 e. The number of rotatable bonds is 1. The van der Waals surface area contributed by atoms with Crippen molar-refractivity contribution in [3.05, 3.63) is 28.3 Å². The summed E-state index contributed by atoms with van der Waals surface area (Å²) in [6.07, 6.45) is 0. The molecule has 0 saturated carbocycles. The topological polar surface area (TPSA) is 33.0 Å². The van der Waals surface area contributed by atoms with Crippen LogP contribution in [0.3, 0.4) is 0 Å². The zero-order chi connectivity index (χ0) is 10.0. The summed E-state index contributed by atoms with van der Waals surface area (Å²) >= 11 is 5.31. The Morgan fingerprint density at radius 2 is 2.08 bits per heavy atom. The lowest BCUT2D eigenvalue weighted by Crippen LogP contribution is -1.96. The maximum atomic E-state index is 13.0. The van der Waals surface area contributed by atoms with Crippen LogP contribution in [0.2, 0.25) is 5.02 Å². The third kappa shape index (κ3) is 1.56. The number of halogens is 3. The SMILES string of the molecule is COc1c(C#N)cc(Cl)c(F)c1F. The second-order valence-corrected chi connectivity index (χ2v) is 2.59. The monoisotopic (exact) mass is 203 g/mol. The van der Waals surface area contributed by atoms with Crippen LogP contribution in [-0.2, 0) is 0 Å². The van der Waals surface area contributed by atoms with Crippen molar-refractivity contribution in [1.82, 2.24) is 0 Å². The van der Waals surface area contributed by atoms with Crippen LogP contribution in [0, 0.1) is 23.0 Å². The fourth-order valence-corrected chi connectivity index (χ4v) is 1.05. The van der Waals surface area contributed by atoms with Crippen molar-refractivity contribution in [1.29, 1.82) is 5.26 Å². The predicted octanol–water partition coefficient (Wildman–Crippen LogP) is 2.50. The van der Waals surface area contributed by atoms with Gasteiger partial charge in [0.1, 0.15) is 6.07 Å². The van der Waals surface area contributed by atoms with E-state index in [4.69, 9.17) is 16.9 Å². The van der Waals surface area contributed by atoms with Crippen LogP contribution >= 0.6 is 11.6 Å². The molecule has 1 aromatic carbocycles. The van der Waals surface area contributed by atoms with Crippen LogP contribution in [0.1, 0.15) is 5.56 Å². The molecule has 0 amide bonds. The third-order valence-electron chi connectivity index (χ3n) is 1.44. The predicted molar refractivity (Wildman–Crippen MR) is 42.6 cm³/mol. The Balaban J connectivity index is 3.50. The second kappa shape index (κ2) is 3.58. The molecule has 1 aromatic rings. The molecular weight excluding hydrogens is 200 g/mol. The number of benzene rings is 1. The first-order valence-electron chi connectivity index (χ1n) is 3.23. The van der Waals surface area contributed by atoms with E-state index in [1.54, 1.807) is 6.07 Å². The summed E-state index contributed by atoms with van der Waals surface area (Å²) in [7, 11) is 1.15. The van der Waals surface area contributed by atoms with Gasteiger partial charge in [0, 0.05) is 0 Å². The summed E-state index contributed by atoms with van der Waals surface area (Å²) in [6, 6.07) is 2.65. The molecule has 0 spiro atoms. The van der Waals surface area contributed by atoms with Gasteiger partial charge in [0.2, 0.25) is 5.82 Å². The molecular formula is C8H4ClF2NO. The molecule has 0 atom stereocenters. The lowest BCUT2D eigenvalue weighted by molar-refractivity contribution is 0.370. The molecule has 2 nitrogen and oxygen atoms in total. The normalized spacial score (nSPS) is 9.46. The van der Waals surface area contributed by atoms with Crippen molar-refractivity contribution in [2.75, 3.05) is 7.11 Å². The molecule has 1 rings (SSSR count). The summed E-state index contributed by atoms with van der Waals surface area (Å²) in [6.45, 7) is 0. The molecule has 0 aliphatic carbocycles. The van der Waals surface area contributed by atoms with Gasteiger partial charge in [0.25, 0.3) is 0 Å². The highest BCUT2D eigenvalue weighted by Crippen LogP contribution is 2.29. The number of nitrogens with zero attached hydrogens (tertiary/aromatic N) is 1. The Labute approximate surface area is 78.3 Å². The lowest BCUT2D eigenvalue weighted by atomic mass is 10.2. The smallest absolute Gasteiger partial charge is 0.203 e. The Hall–Kier alpha value is -1.34. The van der Waals surface area contributed by atoms with Crippen LogP contribution in [0.5, 0.6) is 5.75 Å². The molecule has 13 heavy (non-hydrogen) atoms. The average molecular weight is 204 g/mol. The minimum absolute atomic E-state index is 0.133. The quantitative estimate of drug-likeness (QED) is 0.657. The van der Waals surface area contributed by atoms with Crippen molar-refractivity contribution in [2.24, 2.45) is 0 Å². The molecule has 0 fully saturated rings. The first-order chi connectivity index (χ1) is 6.11. The van der Waals surface area contributed by atoms with Gasteiger partial charge in [0.05, 0.1) is 17.7 Å². The number of methoxy groups -OCH3 is 1. The molecule has 0 aromatic heterocycles. The Kier molecular flexibility index (Phi) is 2.69. The lowest BCUT2D eigenvalue weighted by Gasteiger charge is -2.05. The van der Waals surface area contributed by atoms with Crippen LogP contribution in [-0.4, -0.2) is 7.11 Å². The van der Waals surface area contributed by atoms with Gasteiger partial charge < -0.3 is 4.74 Å². The minimum Gasteiger partial charge on any atom is -0.492 e. The van der Waals surface area contributed by atoms with Crippen LogP contribution in [0.4, 0.5) is 8.78 Å². The highest BCUT2D eigenvalue weighted by molar-refractivity contribution is 6.30. The van der Waals surface area contributed by atoms with Gasteiger partial charge in [0.15, 0.2) is 11.6 Å². The molecule has 0 radical (unpaired) electrons. The summed E-state index contributed by atoms with van der Waals surface area (Å²) in [5.74, 6) is -2.88. The molecule has 0 heterocycles. The largest absolute Gasteiger partial charge is 0.492 e. The Morgan fingerprint density at radius 3 is 2.54 bits per heavy atom. The van der Waals surface area contributed by atoms with E-state index in [0.29, 0.717) is 0 Å². The number of ether oxygens (including phenoxy) is 1. The summed E-state index contributed by atoms with van der Waals surface area (Å²) in [4.78, 5) is 0. The molecule has 0 N–H and O–H groups in total. The fourth-order valence-electron chi connectivity index (χ4n) is 0.861. The van der Waals surface area contributed by atoms with Crippen molar-refractivity contribution < 1.29 is 13.5 Å². The molecule has 0 aliphatic heterocycles. The van der Waals surface area contributed by atoms with Gasteiger partial charge in [-0.2, -0.15) is 9.65 Å². The fraction of sp³-hybridized carbons (Fsp3) is 0.125. The highest BCUT2D eigenvalue weighted by Gasteiger charge is 2.17. The van der Waals surface area contributed by atoms with Gasteiger partial charge in [-0.05, 0) is 6.07 Å². The standard InChI is InChI=1S/C8H4ClF2NO/c1-13-8-4(3-12)2-5(9)6(10)7(8)11/h2H,1H3. The van der Waals surface area contributed by atoms with Gasteiger partial charge in [-0.25, -0.2) is 4.39 Å². The van der Waals surface area contributed by atoms with E-state index >= 15 is 0 Å². The Bertz CT molecular complexity index is 387. The van der Waals surface area contributed by atoms with Crippen molar-refractivity contribution in [2.45, 2.75) is 0 Å². The molecule has 0 saturated heterocycles. The van der Waals surface area contributed by atoms with E-state index in [-0.39, 0.29) is 5.56 Å². The molecule has 0 aliphatic rings. The van der Waals surface area contributed by atoms with Gasteiger partial charge in [-0.15, -0.1) is 0 Å². The Morgan fingerprint density at radius 1 is 1.46 bits per heavy atom. The number of hydrogen-bond donors (Lipinski definition) is 0. The van der Waals surface area contributed by atoms with E-state index in [0.717, 1.165) is 13.2 Å². The van der Waals surface area contributed by atoms with Crippen molar-refractivity contribution >= 4 is 11.6 Å². The maximum absolute atomic E-state index is 13.0. The highest BCUT2D eigenvalue weighted by atomic mass is 35.5. The van der Waals surface area contributed by atoms with Gasteiger partial charge >= 0.3 is 0 Å². The van der Waals surface area contributed by atoms with Crippen LogP contribution in [0.15, 0.2) is 6.07 Å². The summed E-state index contributed by atoms with van der Waals surface area (Å²) in [5, 5.41) is 8.08. The van der Waals surface area contributed by atoms with E-state index in [2.05, 4.69) is 4.74 Å². The van der Waals surface area contributed by atoms with Crippen LogP contribution < -0.4 is 4.74 Å². The number of hydrogen-bond acceptors (Lipinski definition) is 2. The zero-order valence-electron chi connectivity index (χ0n) is 6.57. The summed E-state index contributed by atoms with van der Waals surface area (Å²) < 4.78 is 30.3. The van der Waals surface area contributed by atoms with Crippen molar-refractivity contribution in [3.8, 4) is 11.8 Å². The average Bonchev–Trinajstić information content (AvgIpc) is 2.13. The molecule has 5 heteroatoms. The van der Waals surface area contributed by atoms with Gasteiger partial charge in [-0.3, -0.25) is 0 Å². The molecule has 68 valence electrons. The van der Waals surface area contributed by atoms with E-state index in [1.165, 1.54) is 0 Å². The van der Waals surface area contributed by atoms with Crippen LogP contribution in [0.25, 0.3) is 0 Å². The van der Waals surface area contributed by atoms with E-state index in [9.17, 15) is 8.78 Å². The summed E-state index contributed by atoms with van der Waals surface area (Å²) in [5.41, 5.74) is -0.133. The van der Waals surface area contributed by atoms with Gasteiger partial charge in [-0.1, -0.05) is 11.6 Å². The first kappa shape index (κ1) is 9.75. The van der Waals surface area contributed by atoms with E-state index in [1.807, 2.05) is 0 Å². The first-order valence-corrected chi connectivity index (χ1v) is 3.61. The number of nitriles is 1. The zero-order valence-corrected chi connectivity index (χ0v) is 7.32. The third-order valence-corrected chi connectivity index (χ3v) is 1.72. The van der Waals surface area contributed by atoms with Crippen molar-refractivity contribution in [3.63, 3.8) is 0 Å². The minimum atomic E-state index is -1.24. The molecule has 0 bridgehead atoms.